The molecular weight excluding hydrogens is 261 g/mol. The molecule has 1 saturated heterocycles. The van der Waals surface area contributed by atoms with Gasteiger partial charge in [0.05, 0.1) is 5.92 Å². The lowest BCUT2D eigenvalue weighted by Crippen LogP contribution is -2.58. The van der Waals surface area contributed by atoms with E-state index < -0.39 is 23.6 Å². The fraction of sp³-hybridized carbons (Fsp3) is 0.917. The molecule has 1 rings (SSSR count). The van der Waals surface area contributed by atoms with Crippen LogP contribution in [0.1, 0.15) is 26.7 Å². The summed E-state index contributed by atoms with van der Waals surface area (Å²) in [5.41, 5.74) is -1.11. The lowest BCUT2D eigenvalue weighted by atomic mass is 9.94. The smallest absolute Gasteiger partial charge is 0.391 e. The Morgan fingerprint density at radius 2 is 1.89 bits per heavy atom. The van der Waals surface area contributed by atoms with Gasteiger partial charge in [-0.3, -0.25) is 4.79 Å². The summed E-state index contributed by atoms with van der Waals surface area (Å²) in [6, 6.07) is 0. The Morgan fingerprint density at radius 3 is 2.26 bits per heavy atom. The fourth-order valence-corrected chi connectivity index (χ4v) is 2.45. The van der Waals surface area contributed by atoms with Gasteiger partial charge in [0, 0.05) is 6.54 Å². The van der Waals surface area contributed by atoms with Crippen molar-refractivity contribution in [3.05, 3.63) is 0 Å². The standard InChI is InChI=1S/C12H21F3N2O2/c1-3-16-11(2,10(18)19)8-17-6-4-9(5-7-17)12(13,14)15/h9,16H,3-8H2,1-2H3,(H,18,19). The normalized spacial score (nSPS) is 22.2. The van der Waals surface area contributed by atoms with E-state index in [2.05, 4.69) is 5.32 Å². The number of likely N-dealkylation sites (tertiary alicyclic amines) is 1. The second-order valence-corrected chi connectivity index (χ2v) is 5.26. The molecule has 7 heteroatoms. The van der Waals surface area contributed by atoms with Crippen molar-refractivity contribution in [3.8, 4) is 0 Å². The van der Waals surface area contributed by atoms with Crippen LogP contribution in [-0.4, -0.2) is 53.9 Å². The minimum Gasteiger partial charge on any atom is -0.480 e. The summed E-state index contributed by atoms with van der Waals surface area (Å²) in [4.78, 5) is 13.0. The van der Waals surface area contributed by atoms with Gasteiger partial charge < -0.3 is 15.3 Å². The average molecular weight is 282 g/mol. The van der Waals surface area contributed by atoms with Gasteiger partial charge in [0.2, 0.25) is 0 Å². The number of rotatable bonds is 5. The van der Waals surface area contributed by atoms with Crippen LogP contribution >= 0.6 is 0 Å². The van der Waals surface area contributed by atoms with E-state index in [1.807, 2.05) is 0 Å². The van der Waals surface area contributed by atoms with Crippen LogP contribution in [0.25, 0.3) is 0 Å². The van der Waals surface area contributed by atoms with Crippen LogP contribution in [0.4, 0.5) is 13.2 Å². The second-order valence-electron chi connectivity index (χ2n) is 5.26. The van der Waals surface area contributed by atoms with Gasteiger partial charge >= 0.3 is 12.1 Å². The number of hydrogen-bond acceptors (Lipinski definition) is 3. The molecule has 19 heavy (non-hydrogen) atoms. The van der Waals surface area contributed by atoms with Crippen LogP contribution < -0.4 is 5.32 Å². The van der Waals surface area contributed by atoms with Crippen molar-refractivity contribution in [3.63, 3.8) is 0 Å². The van der Waals surface area contributed by atoms with Gasteiger partial charge in [-0.25, -0.2) is 0 Å². The van der Waals surface area contributed by atoms with Gasteiger partial charge in [0.1, 0.15) is 5.54 Å². The molecule has 1 unspecified atom stereocenters. The first-order chi connectivity index (χ1) is 8.69. The number of alkyl halides is 3. The van der Waals surface area contributed by atoms with E-state index in [9.17, 15) is 23.1 Å². The minimum absolute atomic E-state index is 0.0469. The van der Waals surface area contributed by atoms with Crippen molar-refractivity contribution in [1.82, 2.24) is 10.2 Å². The molecular formula is C12H21F3N2O2. The van der Waals surface area contributed by atoms with E-state index in [4.69, 9.17) is 0 Å². The Kier molecular flexibility index (Phi) is 5.20. The molecule has 1 heterocycles. The third kappa shape index (κ3) is 4.35. The van der Waals surface area contributed by atoms with Crippen molar-refractivity contribution >= 4 is 5.97 Å². The highest BCUT2D eigenvalue weighted by molar-refractivity contribution is 5.78. The predicted octanol–water partition coefficient (Wildman–Crippen LogP) is 1.71. The zero-order valence-corrected chi connectivity index (χ0v) is 11.3. The first-order valence-electron chi connectivity index (χ1n) is 6.46. The zero-order valence-electron chi connectivity index (χ0n) is 11.3. The number of piperidine rings is 1. The number of hydrogen-bond donors (Lipinski definition) is 2. The molecule has 0 aromatic rings. The largest absolute Gasteiger partial charge is 0.480 e. The number of carboxylic acids is 1. The first-order valence-corrected chi connectivity index (χ1v) is 6.46. The van der Waals surface area contributed by atoms with Gasteiger partial charge in [-0.2, -0.15) is 13.2 Å². The summed E-state index contributed by atoms with van der Waals surface area (Å²) in [6.45, 7) is 4.67. The van der Waals surface area contributed by atoms with Gasteiger partial charge in [-0.1, -0.05) is 6.92 Å². The lowest BCUT2D eigenvalue weighted by molar-refractivity contribution is -0.185. The lowest BCUT2D eigenvalue weighted by Gasteiger charge is -2.37. The number of aliphatic carboxylic acids is 1. The highest BCUT2D eigenvalue weighted by Crippen LogP contribution is 2.34. The maximum absolute atomic E-state index is 12.5. The maximum atomic E-state index is 12.5. The molecule has 1 aliphatic rings. The van der Waals surface area contributed by atoms with Crippen molar-refractivity contribution < 1.29 is 23.1 Å². The SMILES string of the molecule is CCNC(C)(CN1CCC(C(F)(F)F)CC1)C(=O)O. The summed E-state index contributed by atoms with van der Waals surface area (Å²) >= 11 is 0. The molecule has 0 aromatic carbocycles. The minimum atomic E-state index is -4.14. The summed E-state index contributed by atoms with van der Waals surface area (Å²) < 4.78 is 37.6. The Bertz CT molecular complexity index is 315. The van der Waals surface area contributed by atoms with Crippen LogP contribution in [0.5, 0.6) is 0 Å². The highest BCUT2D eigenvalue weighted by Gasteiger charge is 2.42. The fourth-order valence-electron chi connectivity index (χ4n) is 2.45. The van der Waals surface area contributed by atoms with Crippen molar-refractivity contribution in [1.29, 1.82) is 0 Å². The van der Waals surface area contributed by atoms with Crippen LogP contribution in [0.3, 0.4) is 0 Å². The number of carboxylic acid groups (broad SMARTS) is 1. The van der Waals surface area contributed by atoms with Crippen LogP contribution in [-0.2, 0) is 4.79 Å². The molecule has 0 bridgehead atoms. The van der Waals surface area contributed by atoms with Gasteiger partial charge in [0.25, 0.3) is 0 Å². The number of halogens is 3. The molecule has 0 saturated carbocycles. The molecule has 1 aliphatic heterocycles. The highest BCUT2D eigenvalue weighted by atomic mass is 19.4. The molecule has 1 fully saturated rings. The Hall–Kier alpha value is -0.820. The third-order valence-electron chi connectivity index (χ3n) is 3.63. The number of nitrogens with zero attached hydrogens (tertiary/aromatic N) is 1. The molecule has 0 aliphatic carbocycles. The van der Waals surface area contributed by atoms with Crippen molar-refractivity contribution in [2.75, 3.05) is 26.2 Å². The summed E-state index contributed by atoms with van der Waals surface area (Å²) in [7, 11) is 0. The Balaban J connectivity index is 2.54. The third-order valence-corrected chi connectivity index (χ3v) is 3.63. The monoisotopic (exact) mass is 282 g/mol. The van der Waals surface area contributed by atoms with E-state index in [1.54, 1.807) is 18.7 Å². The average Bonchev–Trinajstić information content (AvgIpc) is 2.28. The topological polar surface area (TPSA) is 52.6 Å². The molecule has 0 spiro atoms. The summed E-state index contributed by atoms with van der Waals surface area (Å²) in [6.07, 6.45) is -4.04. The maximum Gasteiger partial charge on any atom is 0.391 e. The summed E-state index contributed by atoms with van der Waals surface area (Å²) in [5, 5.41) is 12.1. The molecule has 0 amide bonds. The Morgan fingerprint density at radius 1 is 1.37 bits per heavy atom. The van der Waals surface area contributed by atoms with Crippen molar-refractivity contribution in [2.45, 2.75) is 38.4 Å². The molecule has 112 valence electrons. The Labute approximate surface area is 111 Å². The number of nitrogens with one attached hydrogen (secondary N) is 1. The van der Waals surface area contributed by atoms with E-state index in [1.165, 1.54) is 0 Å². The van der Waals surface area contributed by atoms with Crippen LogP contribution in [0.15, 0.2) is 0 Å². The molecule has 0 radical (unpaired) electrons. The van der Waals surface area contributed by atoms with E-state index in [0.29, 0.717) is 19.6 Å². The molecule has 2 N–H and O–H groups in total. The number of carbonyl (C=O) groups is 1. The quantitative estimate of drug-likeness (QED) is 0.806. The first kappa shape index (κ1) is 16.2. The van der Waals surface area contributed by atoms with Crippen molar-refractivity contribution in [2.24, 2.45) is 5.92 Å². The van der Waals surface area contributed by atoms with Gasteiger partial charge in [-0.05, 0) is 39.4 Å². The molecule has 0 aromatic heterocycles. The van der Waals surface area contributed by atoms with E-state index in [0.717, 1.165) is 0 Å². The van der Waals surface area contributed by atoms with Crippen LogP contribution in [0, 0.1) is 5.92 Å². The van der Waals surface area contributed by atoms with Gasteiger partial charge in [0.15, 0.2) is 0 Å². The van der Waals surface area contributed by atoms with E-state index >= 15 is 0 Å². The van der Waals surface area contributed by atoms with E-state index in [-0.39, 0.29) is 19.4 Å². The molecule has 1 atom stereocenters. The summed E-state index contributed by atoms with van der Waals surface area (Å²) in [5.74, 6) is -2.23. The predicted molar refractivity (Wildman–Crippen MR) is 64.9 cm³/mol. The molecule has 4 nitrogen and oxygen atoms in total. The van der Waals surface area contributed by atoms with Gasteiger partial charge in [-0.15, -0.1) is 0 Å². The number of likely N-dealkylation sites (N-methyl/N-ethyl adjacent to an activating group) is 1. The zero-order chi connectivity index (χ0) is 14.7. The second kappa shape index (κ2) is 6.09. The van der Waals surface area contributed by atoms with Crippen LogP contribution in [0.2, 0.25) is 0 Å².